The molecule has 2 rings (SSSR count). The molecule has 1 saturated heterocycles. The van der Waals surface area contributed by atoms with Crippen LogP contribution in [0.1, 0.15) is 37.7 Å². The Kier molecular flexibility index (Phi) is 6.28. The molecule has 0 saturated carbocycles. The fraction of sp³-hybridized carbons (Fsp3) is 0.556. The predicted molar refractivity (Wildman–Crippen MR) is 87.1 cm³/mol. The molecule has 0 aliphatic carbocycles. The van der Waals surface area contributed by atoms with Crippen LogP contribution in [0.4, 0.5) is 0 Å². The van der Waals surface area contributed by atoms with Crippen LogP contribution in [0, 0.1) is 0 Å². The maximum Gasteiger partial charge on any atom is 0.0134 e. The molecular formula is C18H28N2. The van der Waals surface area contributed by atoms with Gasteiger partial charge in [0.05, 0.1) is 0 Å². The Bertz CT molecular complexity index is 380. The van der Waals surface area contributed by atoms with Crippen LogP contribution < -0.4 is 5.32 Å². The van der Waals surface area contributed by atoms with E-state index in [9.17, 15) is 0 Å². The lowest BCUT2D eigenvalue weighted by Gasteiger charge is -2.32. The molecule has 0 aromatic heterocycles. The maximum absolute atomic E-state index is 3.76. The molecule has 2 heteroatoms. The Balaban J connectivity index is 1.67. The van der Waals surface area contributed by atoms with E-state index in [4.69, 9.17) is 0 Å². The minimum atomic E-state index is 0.660. The third-order valence-corrected chi connectivity index (χ3v) is 4.39. The molecule has 0 radical (unpaired) electrons. The number of hydrogen-bond donors (Lipinski definition) is 1. The zero-order chi connectivity index (χ0) is 14.2. The summed E-state index contributed by atoms with van der Waals surface area (Å²) in [6, 6.07) is 11.6. The maximum atomic E-state index is 3.76. The van der Waals surface area contributed by atoms with E-state index in [2.05, 4.69) is 54.1 Å². The minimum Gasteiger partial charge on any atom is -0.310 e. The molecule has 0 bridgehead atoms. The van der Waals surface area contributed by atoms with Gasteiger partial charge < -0.3 is 10.2 Å². The number of rotatable bonds is 7. The van der Waals surface area contributed by atoms with E-state index < -0.39 is 0 Å². The van der Waals surface area contributed by atoms with Gasteiger partial charge in [-0.25, -0.2) is 0 Å². The van der Waals surface area contributed by atoms with Gasteiger partial charge >= 0.3 is 0 Å². The molecule has 110 valence electrons. The number of benzene rings is 1. The van der Waals surface area contributed by atoms with Gasteiger partial charge in [0.25, 0.3) is 0 Å². The number of likely N-dealkylation sites (tertiary alicyclic amines) is 1. The highest BCUT2D eigenvalue weighted by Crippen LogP contribution is 2.20. The summed E-state index contributed by atoms with van der Waals surface area (Å²) in [5, 5.41) is 3.54. The molecule has 20 heavy (non-hydrogen) atoms. The first-order valence-electron chi connectivity index (χ1n) is 7.91. The lowest BCUT2D eigenvalue weighted by atomic mass is 9.97. The van der Waals surface area contributed by atoms with Crippen molar-refractivity contribution in [3.63, 3.8) is 0 Å². The van der Waals surface area contributed by atoms with Crippen LogP contribution in [0.15, 0.2) is 43.0 Å². The standard InChI is InChI=1S/C18H28N2/c1-3-12-19-18-10-14-20(15-11-18)13-9-16(2)17-7-5-4-6-8-17/h3-8,16,18-19H,1,9-15H2,2H3. The molecule has 1 aromatic rings. The first-order chi connectivity index (χ1) is 9.79. The van der Waals surface area contributed by atoms with Crippen LogP contribution in [0.3, 0.4) is 0 Å². The molecule has 1 heterocycles. The van der Waals surface area contributed by atoms with Gasteiger partial charge in [0.1, 0.15) is 0 Å². The average molecular weight is 272 g/mol. The molecule has 1 aliphatic heterocycles. The highest BCUT2D eigenvalue weighted by Gasteiger charge is 2.18. The van der Waals surface area contributed by atoms with Gasteiger partial charge in [-0.05, 0) is 50.4 Å². The summed E-state index contributed by atoms with van der Waals surface area (Å²) in [5.74, 6) is 0.660. The van der Waals surface area contributed by atoms with Gasteiger partial charge in [-0.3, -0.25) is 0 Å². The van der Waals surface area contributed by atoms with Crippen molar-refractivity contribution in [2.45, 2.75) is 38.1 Å². The smallest absolute Gasteiger partial charge is 0.0134 e. The second-order valence-electron chi connectivity index (χ2n) is 5.91. The first kappa shape index (κ1) is 15.3. The van der Waals surface area contributed by atoms with E-state index in [-0.39, 0.29) is 0 Å². The summed E-state index contributed by atoms with van der Waals surface area (Å²) in [6.07, 6.45) is 5.75. The Labute approximate surface area is 123 Å². The van der Waals surface area contributed by atoms with Crippen molar-refractivity contribution >= 4 is 0 Å². The van der Waals surface area contributed by atoms with Crippen molar-refractivity contribution < 1.29 is 0 Å². The molecule has 1 fully saturated rings. The Hall–Kier alpha value is -1.12. The van der Waals surface area contributed by atoms with E-state index in [0.29, 0.717) is 12.0 Å². The van der Waals surface area contributed by atoms with E-state index in [1.54, 1.807) is 0 Å². The van der Waals surface area contributed by atoms with Crippen molar-refractivity contribution in [1.82, 2.24) is 10.2 Å². The lowest BCUT2D eigenvalue weighted by molar-refractivity contribution is 0.195. The Morgan fingerprint density at radius 3 is 2.65 bits per heavy atom. The number of hydrogen-bond acceptors (Lipinski definition) is 2. The molecule has 2 nitrogen and oxygen atoms in total. The number of nitrogens with zero attached hydrogens (tertiary/aromatic N) is 1. The zero-order valence-corrected chi connectivity index (χ0v) is 12.7. The predicted octanol–water partition coefficient (Wildman–Crippen LogP) is 3.42. The van der Waals surface area contributed by atoms with Crippen LogP contribution in [0.2, 0.25) is 0 Å². The minimum absolute atomic E-state index is 0.660. The van der Waals surface area contributed by atoms with E-state index in [0.717, 1.165) is 6.54 Å². The van der Waals surface area contributed by atoms with Crippen molar-refractivity contribution in [3.05, 3.63) is 48.6 Å². The highest BCUT2D eigenvalue weighted by molar-refractivity contribution is 5.18. The molecule has 1 unspecified atom stereocenters. The van der Waals surface area contributed by atoms with Gasteiger partial charge in [-0.1, -0.05) is 43.3 Å². The summed E-state index contributed by atoms with van der Waals surface area (Å²) in [7, 11) is 0. The van der Waals surface area contributed by atoms with Crippen LogP contribution in [0.5, 0.6) is 0 Å². The highest BCUT2D eigenvalue weighted by atomic mass is 15.1. The van der Waals surface area contributed by atoms with Gasteiger partial charge in [0, 0.05) is 12.6 Å². The lowest BCUT2D eigenvalue weighted by Crippen LogP contribution is -2.42. The quantitative estimate of drug-likeness (QED) is 0.765. The summed E-state index contributed by atoms with van der Waals surface area (Å²) in [5.41, 5.74) is 1.47. The molecular weight excluding hydrogens is 244 g/mol. The summed E-state index contributed by atoms with van der Waals surface area (Å²) in [6.45, 7) is 10.7. The van der Waals surface area contributed by atoms with Crippen LogP contribution in [-0.2, 0) is 0 Å². The average Bonchev–Trinajstić information content (AvgIpc) is 2.52. The van der Waals surface area contributed by atoms with E-state index in [1.165, 1.54) is 44.5 Å². The normalized spacial score (nSPS) is 18.9. The SMILES string of the molecule is C=CCNC1CCN(CCC(C)c2ccccc2)CC1. The van der Waals surface area contributed by atoms with E-state index in [1.807, 2.05) is 6.08 Å². The zero-order valence-electron chi connectivity index (χ0n) is 12.7. The van der Waals surface area contributed by atoms with Gasteiger partial charge in [-0.15, -0.1) is 6.58 Å². The van der Waals surface area contributed by atoms with Crippen molar-refractivity contribution in [3.8, 4) is 0 Å². The third kappa shape index (κ3) is 4.77. The van der Waals surface area contributed by atoms with E-state index >= 15 is 0 Å². The topological polar surface area (TPSA) is 15.3 Å². The third-order valence-electron chi connectivity index (χ3n) is 4.39. The molecule has 1 aliphatic rings. The van der Waals surface area contributed by atoms with Crippen LogP contribution in [-0.4, -0.2) is 37.1 Å². The van der Waals surface area contributed by atoms with Gasteiger partial charge in [0.15, 0.2) is 0 Å². The second-order valence-corrected chi connectivity index (χ2v) is 5.91. The monoisotopic (exact) mass is 272 g/mol. The second kappa shape index (κ2) is 8.23. The molecule has 1 aromatic carbocycles. The van der Waals surface area contributed by atoms with Crippen LogP contribution in [0.25, 0.3) is 0 Å². The van der Waals surface area contributed by atoms with Crippen LogP contribution >= 0.6 is 0 Å². The fourth-order valence-electron chi connectivity index (χ4n) is 2.94. The fourth-order valence-corrected chi connectivity index (χ4v) is 2.94. The molecule has 0 amide bonds. The largest absolute Gasteiger partial charge is 0.310 e. The first-order valence-corrected chi connectivity index (χ1v) is 7.91. The number of piperidine rings is 1. The Morgan fingerprint density at radius 2 is 2.00 bits per heavy atom. The Morgan fingerprint density at radius 1 is 1.30 bits per heavy atom. The molecule has 1 atom stereocenters. The molecule has 1 N–H and O–H groups in total. The van der Waals surface area contributed by atoms with Gasteiger partial charge in [0.2, 0.25) is 0 Å². The molecule has 0 spiro atoms. The van der Waals surface area contributed by atoms with Gasteiger partial charge in [-0.2, -0.15) is 0 Å². The number of nitrogens with one attached hydrogen (secondary N) is 1. The summed E-state index contributed by atoms with van der Waals surface area (Å²) < 4.78 is 0. The summed E-state index contributed by atoms with van der Waals surface area (Å²) in [4.78, 5) is 2.62. The van der Waals surface area contributed by atoms with Crippen molar-refractivity contribution in [2.75, 3.05) is 26.2 Å². The summed E-state index contributed by atoms with van der Waals surface area (Å²) >= 11 is 0. The van der Waals surface area contributed by atoms with Crippen molar-refractivity contribution in [1.29, 1.82) is 0 Å². The van der Waals surface area contributed by atoms with Crippen molar-refractivity contribution in [2.24, 2.45) is 0 Å².